The molecule has 12 nitrogen and oxygen atoms in total. The van der Waals surface area contributed by atoms with Gasteiger partial charge in [-0.3, -0.25) is 10.1 Å². The van der Waals surface area contributed by atoms with E-state index in [2.05, 4.69) is 32.3 Å². The van der Waals surface area contributed by atoms with Crippen LogP contribution in [0.1, 0.15) is 54.7 Å². The van der Waals surface area contributed by atoms with Gasteiger partial charge in [-0.1, -0.05) is 35.5 Å². The minimum atomic E-state index is -1.29. The summed E-state index contributed by atoms with van der Waals surface area (Å²) >= 11 is 0. The number of hydrogen-bond donors (Lipinski definition) is 2. The van der Waals surface area contributed by atoms with E-state index in [0.717, 1.165) is 5.56 Å². The number of amides is 1. The standard InChI is InChI=1S/C25H22N4O8/c1-14-19(27-24(32)34-15(2)16-6-4-3-5-7-16)17(37-29-14)8-9-18-26-20-21(35-18)28-22(36-20)25(23(30)31)10-12-33-13-11-25/h3-7,15H,10-13H2,1-2H3,(H,27,32)(H,30,31). The molecular formula is C25H22N4O8. The summed E-state index contributed by atoms with van der Waals surface area (Å²) in [6.07, 6.45) is -0.717. The van der Waals surface area contributed by atoms with E-state index in [1.54, 1.807) is 13.8 Å². The molecule has 0 aliphatic carbocycles. The highest BCUT2D eigenvalue weighted by Gasteiger charge is 2.47. The van der Waals surface area contributed by atoms with E-state index < -0.39 is 23.6 Å². The van der Waals surface area contributed by atoms with Crippen molar-refractivity contribution in [2.75, 3.05) is 18.5 Å². The van der Waals surface area contributed by atoms with Gasteiger partial charge in [0.25, 0.3) is 17.3 Å². The van der Waals surface area contributed by atoms with E-state index in [1.165, 1.54) is 0 Å². The lowest BCUT2D eigenvalue weighted by atomic mass is 9.80. The van der Waals surface area contributed by atoms with Crippen LogP contribution in [0.2, 0.25) is 0 Å². The molecular weight excluding hydrogens is 484 g/mol. The number of aliphatic carboxylic acids is 1. The van der Waals surface area contributed by atoms with Crippen molar-refractivity contribution < 1.29 is 37.5 Å². The number of carboxylic acid groups (broad SMARTS) is 1. The summed E-state index contributed by atoms with van der Waals surface area (Å²) in [6.45, 7) is 3.97. The van der Waals surface area contributed by atoms with E-state index >= 15 is 0 Å². The summed E-state index contributed by atoms with van der Waals surface area (Å²) in [6, 6.07) is 9.30. The molecule has 1 atom stereocenters. The predicted molar refractivity (Wildman–Crippen MR) is 126 cm³/mol. The molecule has 0 radical (unpaired) electrons. The van der Waals surface area contributed by atoms with Gasteiger partial charge in [-0.05, 0) is 38.2 Å². The van der Waals surface area contributed by atoms with Crippen LogP contribution in [0.15, 0.2) is 43.7 Å². The summed E-state index contributed by atoms with van der Waals surface area (Å²) in [5, 5.41) is 16.2. The Morgan fingerprint density at radius 2 is 1.84 bits per heavy atom. The van der Waals surface area contributed by atoms with Crippen LogP contribution in [-0.4, -0.2) is 45.5 Å². The molecule has 0 spiro atoms. The van der Waals surface area contributed by atoms with Gasteiger partial charge in [0, 0.05) is 19.1 Å². The summed E-state index contributed by atoms with van der Waals surface area (Å²) in [7, 11) is 0. The summed E-state index contributed by atoms with van der Waals surface area (Å²) < 4.78 is 27.1. The lowest BCUT2D eigenvalue weighted by Crippen LogP contribution is -2.41. The average molecular weight is 506 g/mol. The van der Waals surface area contributed by atoms with Crippen molar-refractivity contribution in [3.63, 3.8) is 0 Å². The molecule has 0 saturated carbocycles. The molecule has 12 heteroatoms. The first-order valence-corrected chi connectivity index (χ1v) is 11.5. The SMILES string of the molecule is Cc1noc(C#Cc2nc3oc(C4(C(=O)O)CCOCC4)nc3o2)c1NC(=O)OC(C)c1ccccc1. The van der Waals surface area contributed by atoms with Crippen molar-refractivity contribution in [3.8, 4) is 11.8 Å². The lowest BCUT2D eigenvalue weighted by Gasteiger charge is -2.29. The molecule has 37 heavy (non-hydrogen) atoms. The summed E-state index contributed by atoms with van der Waals surface area (Å²) in [5.74, 6) is 4.38. The second-order valence-electron chi connectivity index (χ2n) is 8.45. The van der Waals surface area contributed by atoms with E-state index in [1.807, 2.05) is 30.3 Å². The van der Waals surface area contributed by atoms with Crippen LogP contribution in [0.3, 0.4) is 0 Å². The average Bonchev–Trinajstić information content (AvgIpc) is 3.57. The van der Waals surface area contributed by atoms with Gasteiger partial charge in [-0.2, -0.15) is 9.97 Å². The van der Waals surface area contributed by atoms with Crippen molar-refractivity contribution in [2.24, 2.45) is 0 Å². The first-order chi connectivity index (χ1) is 17.9. The van der Waals surface area contributed by atoms with Gasteiger partial charge in [-0.15, -0.1) is 0 Å². The van der Waals surface area contributed by atoms with E-state index in [9.17, 15) is 14.7 Å². The molecule has 1 fully saturated rings. The topological polar surface area (TPSA) is 163 Å². The second kappa shape index (κ2) is 9.79. The fraction of sp³-hybridized carbons (Fsp3) is 0.320. The minimum Gasteiger partial charge on any atom is -0.480 e. The Balaban J connectivity index is 1.32. The maximum absolute atomic E-state index is 12.4. The fourth-order valence-electron chi connectivity index (χ4n) is 3.94. The molecule has 1 aliphatic rings. The molecule has 4 heterocycles. The number of oxazole rings is 2. The number of anilines is 1. The third kappa shape index (κ3) is 4.76. The Morgan fingerprint density at radius 3 is 2.54 bits per heavy atom. The van der Waals surface area contributed by atoms with Crippen molar-refractivity contribution >= 4 is 29.2 Å². The highest BCUT2D eigenvalue weighted by atomic mass is 16.6. The molecule has 4 aromatic rings. The Labute approximate surface area is 209 Å². The van der Waals surface area contributed by atoms with Crippen LogP contribution in [0.25, 0.3) is 11.4 Å². The van der Waals surface area contributed by atoms with Gasteiger partial charge in [0.1, 0.15) is 22.9 Å². The molecule has 5 rings (SSSR count). The highest BCUT2D eigenvalue weighted by Crippen LogP contribution is 2.36. The molecule has 1 amide bonds. The molecule has 3 aromatic heterocycles. The van der Waals surface area contributed by atoms with Crippen LogP contribution in [0, 0.1) is 18.8 Å². The minimum absolute atomic E-state index is 0.0182. The first-order valence-electron chi connectivity index (χ1n) is 11.5. The number of ether oxygens (including phenoxy) is 2. The smallest absolute Gasteiger partial charge is 0.412 e. The van der Waals surface area contributed by atoms with Crippen molar-refractivity contribution in [2.45, 2.75) is 38.2 Å². The van der Waals surface area contributed by atoms with Crippen molar-refractivity contribution in [1.29, 1.82) is 0 Å². The molecule has 1 aliphatic heterocycles. The Bertz CT molecular complexity index is 1470. The van der Waals surface area contributed by atoms with Gasteiger partial charge in [0.05, 0.1) is 0 Å². The zero-order chi connectivity index (χ0) is 26.0. The first kappa shape index (κ1) is 24.1. The van der Waals surface area contributed by atoms with Crippen LogP contribution in [-0.2, 0) is 19.7 Å². The third-order valence-corrected chi connectivity index (χ3v) is 6.07. The molecule has 0 bridgehead atoms. The number of carbonyl (C=O) groups excluding carboxylic acids is 1. The Morgan fingerprint density at radius 1 is 1.11 bits per heavy atom. The molecule has 2 N–H and O–H groups in total. The van der Waals surface area contributed by atoms with E-state index in [4.69, 9.17) is 22.8 Å². The van der Waals surface area contributed by atoms with Gasteiger partial charge < -0.3 is 27.9 Å². The van der Waals surface area contributed by atoms with Crippen LogP contribution >= 0.6 is 0 Å². The number of aryl methyl sites for hydroxylation is 1. The normalized spacial score (nSPS) is 15.5. The number of carbonyl (C=O) groups is 2. The molecule has 1 unspecified atom stereocenters. The maximum atomic E-state index is 12.4. The maximum Gasteiger partial charge on any atom is 0.412 e. The second-order valence-corrected chi connectivity index (χ2v) is 8.45. The van der Waals surface area contributed by atoms with Crippen molar-refractivity contribution in [3.05, 3.63) is 59.1 Å². The number of carboxylic acids is 1. The molecule has 190 valence electrons. The van der Waals surface area contributed by atoms with Gasteiger partial charge >= 0.3 is 12.1 Å². The number of nitrogens with zero attached hydrogens (tertiary/aromatic N) is 3. The number of hydrogen-bond acceptors (Lipinski definition) is 10. The quantitative estimate of drug-likeness (QED) is 0.377. The van der Waals surface area contributed by atoms with Crippen LogP contribution < -0.4 is 5.32 Å². The number of nitrogens with one attached hydrogen (secondary N) is 1. The zero-order valence-electron chi connectivity index (χ0n) is 19.9. The van der Waals surface area contributed by atoms with Gasteiger partial charge in [0.2, 0.25) is 11.7 Å². The van der Waals surface area contributed by atoms with Gasteiger partial charge in [0.15, 0.2) is 0 Å². The predicted octanol–water partition coefficient (Wildman–Crippen LogP) is 3.95. The number of benzene rings is 1. The molecule has 1 saturated heterocycles. The van der Waals surface area contributed by atoms with Gasteiger partial charge in [-0.25, -0.2) is 4.79 Å². The van der Waals surface area contributed by atoms with Crippen LogP contribution in [0.4, 0.5) is 10.5 Å². The molecule has 1 aromatic carbocycles. The summed E-state index contributed by atoms with van der Waals surface area (Å²) in [4.78, 5) is 32.7. The Kier molecular flexibility index (Phi) is 6.37. The highest BCUT2D eigenvalue weighted by molar-refractivity contribution is 5.87. The van der Waals surface area contributed by atoms with Crippen molar-refractivity contribution in [1.82, 2.24) is 15.1 Å². The fourth-order valence-corrected chi connectivity index (χ4v) is 3.94. The zero-order valence-corrected chi connectivity index (χ0v) is 19.9. The monoisotopic (exact) mass is 506 g/mol. The number of aromatic nitrogens is 3. The Hall–Kier alpha value is -4.63. The van der Waals surface area contributed by atoms with E-state index in [0.29, 0.717) is 5.69 Å². The summed E-state index contributed by atoms with van der Waals surface area (Å²) in [5.41, 5.74) is 0.246. The largest absolute Gasteiger partial charge is 0.480 e. The third-order valence-electron chi connectivity index (χ3n) is 6.07. The van der Waals surface area contributed by atoms with Crippen LogP contribution in [0.5, 0.6) is 0 Å². The number of rotatable bonds is 5. The van der Waals surface area contributed by atoms with E-state index in [-0.39, 0.29) is 60.7 Å². The lowest BCUT2D eigenvalue weighted by molar-refractivity contribution is -0.149. The number of fused-ring (bicyclic) bond motifs is 1.